The fourth-order valence-electron chi connectivity index (χ4n) is 5.91. The largest absolute Gasteiger partial charge is 0.367 e. The molecule has 47 heavy (non-hydrogen) atoms. The summed E-state index contributed by atoms with van der Waals surface area (Å²) in [7, 11) is 0. The zero-order valence-corrected chi connectivity index (χ0v) is 27.3. The summed E-state index contributed by atoms with van der Waals surface area (Å²) in [6.07, 6.45) is 8.47. The number of rotatable bonds is 10. The van der Waals surface area contributed by atoms with Crippen molar-refractivity contribution in [2.75, 3.05) is 69.1 Å². The van der Waals surface area contributed by atoms with Gasteiger partial charge in [-0.1, -0.05) is 31.3 Å². The van der Waals surface area contributed by atoms with Crippen LogP contribution in [0.2, 0.25) is 0 Å². The highest BCUT2D eigenvalue weighted by atomic mass is 16.2. The minimum atomic E-state index is -0.294. The fraction of sp³-hybridized carbons (Fsp3) is 0.405. The number of aromatic nitrogens is 1. The molecule has 1 aromatic heterocycles. The average Bonchev–Trinajstić information content (AvgIpc) is 3.11. The molecule has 246 valence electrons. The van der Waals surface area contributed by atoms with Crippen LogP contribution in [0.4, 0.5) is 16.2 Å². The predicted octanol–water partition coefficient (Wildman–Crippen LogP) is 4.12. The van der Waals surface area contributed by atoms with E-state index in [0.717, 1.165) is 42.0 Å². The van der Waals surface area contributed by atoms with E-state index >= 15 is 0 Å². The van der Waals surface area contributed by atoms with Crippen molar-refractivity contribution in [3.8, 4) is 11.8 Å². The van der Waals surface area contributed by atoms with Crippen LogP contribution in [0.15, 0.2) is 67.0 Å². The Kier molecular flexibility index (Phi) is 12.2. The number of hydrogen-bond acceptors (Lipinski definition) is 6. The Bertz CT molecular complexity index is 1550. The van der Waals surface area contributed by atoms with Crippen LogP contribution in [0.3, 0.4) is 0 Å². The molecule has 0 saturated carbocycles. The summed E-state index contributed by atoms with van der Waals surface area (Å²) in [6, 6.07) is 16.6. The Labute approximate surface area is 277 Å². The summed E-state index contributed by atoms with van der Waals surface area (Å²) < 4.78 is 0. The molecule has 2 saturated heterocycles. The van der Waals surface area contributed by atoms with Crippen LogP contribution in [-0.2, 0) is 11.2 Å². The summed E-state index contributed by atoms with van der Waals surface area (Å²) in [6.45, 7) is 8.80. The normalized spacial score (nSPS) is 14.9. The van der Waals surface area contributed by atoms with Gasteiger partial charge in [-0.15, -0.1) is 0 Å². The third-order valence-electron chi connectivity index (χ3n) is 8.60. The Hall–Kier alpha value is -4.88. The molecule has 0 spiro atoms. The van der Waals surface area contributed by atoms with Gasteiger partial charge in [0.05, 0.1) is 11.3 Å². The summed E-state index contributed by atoms with van der Waals surface area (Å²) >= 11 is 0. The van der Waals surface area contributed by atoms with E-state index in [4.69, 9.17) is 0 Å². The van der Waals surface area contributed by atoms with Crippen LogP contribution in [0.1, 0.15) is 59.7 Å². The topological polar surface area (TPSA) is 110 Å². The molecular formula is C37H45N7O3. The van der Waals surface area contributed by atoms with Crippen LogP contribution in [0.25, 0.3) is 0 Å². The van der Waals surface area contributed by atoms with Gasteiger partial charge in [0.1, 0.15) is 0 Å². The van der Waals surface area contributed by atoms with Crippen LogP contribution in [0.5, 0.6) is 0 Å². The van der Waals surface area contributed by atoms with Gasteiger partial charge in [-0.05, 0) is 86.4 Å². The highest BCUT2D eigenvalue weighted by molar-refractivity contribution is 5.94. The number of hydrogen-bond donors (Lipinski definition) is 3. The molecule has 4 amide bonds. The smallest absolute Gasteiger partial charge is 0.319 e. The van der Waals surface area contributed by atoms with E-state index in [9.17, 15) is 14.4 Å². The number of likely N-dealkylation sites (tertiary alicyclic amines) is 1. The van der Waals surface area contributed by atoms with Crippen LogP contribution in [0, 0.1) is 11.8 Å². The minimum absolute atomic E-state index is 0.0815. The van der Waals surface area contributed by atoms with Crippen molar-refractivity contribution in [3.63, 3.8) is 0 Å². The zero-order chi connectivity index (χ0) is 32.8. The lowest BCUT2D eigenvalue weighted by Gasteiger charge is -2.36. The van der Waals surface area contributed by atoms with Crippen molar-refractivity contribution in [2.45, 2.75) is 39.0 Å². The lowest BCUT2D eigenvalue weighted by atomic mass is 10.1. The van der Waals surface area contributed by atoms with E-state index in [2.05, 4.69) is 42.6 Å². The molecule has 2 aliphatic rings. The van der Waals surface area contributed by atoms with Gasteiger partial charge >= 0.3 is 6.03 Å². The number of piperazine rings is 1. The van der Waals surface area contributed by atoms with Gasteiger partial charge in [0.15, 0.2) is 0 Å². The summed E-state index contributed by atoms with van der Waals surface area (Å²) in [5.41, 5.74) is 4.80. The number of piperidine rings is 1. The molecule has 0 atom stereocenters. The maximum atomic E-state index is 12.7. The second kappa shape index (κ2) is 17.2. The van der Waals surface area contributed by atoms with Crippen molar-refractivity contribution in [1.82, 2.24) is 25.4 Å². The average molecular weight is 636 g/mol. The minimum Gasteiger partial charge on any atom is -0.367 e. The van der Waals surface area contributed by atoms with Gasteiger partial charge in [0.2, 0.25) is 5.91 Å². The molecule has 2 aliphatic heterocycles. The Balaban J connectivity index is 1.24. The molecule has 3 N–H and O–H groups in total. The maximum Gasteiger partial charge on any atom is 0.319 e. The highest BCUT2D eigenvalue weighted by Crippen LogP contribution is 2.25. The number of amides is 4. The van der Waals surface area contributed by atoms with Crippen molar-refractivity contribution in [2.24, 2.45) is 0 Å². The Morgan fingerprint density at radius 1 is 0.851 bits per heavy atom. The lowest BCUT2D eigenvalue weighted by Crippen LogP contribution is -2.48. The number of nitrogens with zero attached hydrogens (tertiary/aromatic N) is 4. The fourth-order valence-corrected chi connectivity index (χ4v) is 5.91. The molecule has 0 bridgehead atoms. The second-order valence-electron chi connectivity index (χ2n) is 11.9. The molecule has 2 aromatic carbocycles. The molecule has 0 aliphatic carbocycles. The number of urea groups is 1. The zero-order valence-electron chi connectivity index (χ0n) is 27.3. The van der Waals surface area contributed by atoms with Gasteiger partial charge < -0.3 is 30.7 Å². The van der Waals surface area contributed by atoms with Gasteiger partial charge in [-0.3, -0.25) is 14.6 Å². The first-order valence-electron chi connectivity index (χ1n) is 16.7. The van der Waals surface area contributed by atoms with Crippen molar-refractivity contribution >= 4 is 29.2 Å². The number of carbonyl (C=O) groups excluding carboxylic acids is 3. The first-order chi connectivity index (χ1) is 23.0. The summed E-state index contributed by atoms with van der Waals surface area (Å²) in [5.74, 6) is 6.64. The van der Waals surface area contributed by atoms with Crippen LogP contribution in [-0.4, -0.2) is 91.5 Å². The third-order valence-corrected chi connectivity index (χ3v) is 8.60. The molecule has 3 heterocycles. The molecular weight excluding hydrogens is 590 g/mol. The Morgan fingerprint density at radius 2 is 1.64 bits per heavy atom. The first-order valence-corrected chi connectivity index (χ1v) is 16.7. The first kappa shape index (κ1) is 33.5. The number of benzene rings is 2. The highest BCUT2D eigenvalue weighted by Gasteiger charge is 2.22. The molecule has 10 heteroatoms. The number of anilines is 2. The molecule has 5 rings (SSSR count). The molecule has 2 fully saturated rings. The quantitative estimate of drug-likeness (QED) is 0.289. The van der Waals surface area contributed by atoms with E-state index in [0.29, 0.717) is 63.4 Å². The second-order valence-corrected chi connectivity index (χ2v) is 11.9. The molecule has 3 aromatic rings. The molecule has 0 unspecified atom stereocenters. The van der Waals surface area contributed by atoms with E-state index in [-0.39, 0.29) is 17.8 Å². The number of nitrogens with one attached hydrogen (secondary N) is 3. The van der Waals surface area contributed by atoms with Crippen molar-refractivity contribution in [3.05, 3.63) is 89.2 Å². The third kappa shape index (κ3) is 10.1. The van der Waals surface area contributed by atoms with E-state index in [1.165, 1.54) is 19.3 Å². The van der Waals surface area contributed by atoms with Gasteiger partial charge in [-0.2, -0.15) is 0 Å². The summed E-state index contributed by atoms with van der Waals surface area (Å²) in [5, 5.41) is 8.87. The lowest BCUT2D eigenvalue weighted by molar-refractivity contribution is -0.131. The van der Waals surface area contributed by atoms with Crippen LogP contribution < -0.4 is 20.9 Å². The molecule has 0 radical (unpaired) electrons. The monoisotopic (exact) mass is 635 g/mol. The predicted molar refractivity (Wildman–Crippen MR) is 186 cm³/mol. The number of carbonyl (C=O) groups is 3. The van der Waals surface area contributed by atoms with Crippen LogP contribution >= 0.6 is 0 Å². The summed E-state index contributed by atoms with van der Waals surface area (Å²) in [4.78, 5) is 48.3. The molecule has 10 nitrogen and oxygen atoms in total. The maximum absolute atomic E-state index is 12.7. The van der Waals surface area contributed by atoms with Crippen molar-refractivity contribution in [1.29, 1.82) is 0 Å². The standard InChI is InChI=1S/C37H45N7O3/c1-2-35(45)44-25-23-43(24-26-44)34-15-14-33(41-37(47)40-18-16-30-7-6-17-38-28-30)27-32(34)13-10-29-8-11-31(12-9-29)36(46)39-19-22-42-20-4-3-5-21-42/h6-9,11-12,14-15,17,27-28H,2-5,16,18-26H2,1H3,(H,39,46)(H2,40,41,47). The van der Waals surface area contributed by atoms with Gasteiger partial charge in [-0.25, -0.2) is 4.79 Å². The van der Waals surface area contributed by atoms with Crippen molar-refractivity contribution < 1.29 is 14.4 Å². The van der Waals surface area contributed by atoms with Gasteiger partial charge in [0.25, 0.3) is 5.91 Å². The Morgan fingerprint density at radius 3 is 2.36 bits per heavy atom. The SMILES string of the molecule is CCC(=O)N1CCN(c2ccc(NC(=O)NCCc3cccnc3)cc2C#Cc2ccc(C(=O)NCCN3CCCCC3)cc2)CC1. The van der Waals surface area contributed by atoms with Gasteiger partial charge in [0, 0.05) is 81.4 Å². The van der Waals surface area contributed by atoms with E-state index < -0.39 is 0 Å². The van der Waals surface area contributed by atoms with E-state index in [1.807, 2.05) is 54.3 Å². The number of pyridine rings is 1. The van der Waals surface area contributed by atoms with E-state index in [1.54, 1.807) is 24.5 Å².